The van der Waals surface area contributed by atoms with E-state index in [0.717, 1.165) is 4.88 Å². The van der Waals surface area contributed by atoms with Gasteiger partial charge in [-0.05, 0) is 50.2 Å². The predicted molar refractivity (Wildman–Crippen MR) is 78.7 cm³/mol. The van der Waals surface area contributed by atoms with Gasteiger partial charge < -0.3 is 9.73 Å². The van der Waals surface area contributed by atoms with Crippen LogP contribution in [-0.4, -0.2) is 16.2 Å². The smallest absolute Gasteiger partial charge is 0.257 e. The molecule has 106 valence electrons. The number of hydrogen-bond acceptors (Lipinski definition) is 5. The highest BCUT2D eigenvalue weighted by Gasteiger charge is 2.22. The molecule has 4 nitrogen and oxygen atoms in total. The molecule has 0 amide bonds. The second-order valence-corrected chi connectivity index (χ2v) is 6.91. The van der Waals surface area contributed by atoms with Gasteiger partial charge in [0.25, 0.3) is 5.89 Å². The van der Waals surface area contributed by atoms with Crippen molar-refractivity contribution in [3.05, 3.63) is 22.4 Å². The molecule has 5 heteroatoms. The van der Waals surface area contributed by atoms with E-state index in [-0.39, 0.29) is 0 Å². The van der Waals surface area contributed by atoms with Crippen molar-refractivity contribution in [3.63, 3.8) is 0 Å². The molecule has 2 aliphatic rings. The fraction of sp³-hybridized carbons (Fsp3) is 0.600. The van der Waals surface area contributed by atoms with Crippen LogP contribution in [0.2, 0.25) is 0 Å². The largest absolute Gasteiger partial charge is 0.419 e. The summed E-state index contributed by atoms with van der Waals surface area (Å²) in [6.07, 6.45) is 8.95. The molecule has 0 atom stereocenters. The first-order chi connectivity index (χ1) is 9.88. The monoisotopic (exact) mass is 289 g/mol. The van der Waals surface area contributed by atoms with Crippen molar-refractivity contribution >= 4 is 11.3 Å². The highest BCUT2D eigenvalue weighted by molar-refractivity contribution is 7.15. The predicted octanol–water partition coefficient (Wildman–Crippen LogP) is 3.32. The molecule has 2 heterocycles. The van der Waals surface area contributed by atoms with Crippen LogP contribution in [0.25, 0.3) is 10.8 Å². The number of fused-ring (bicyclic) bond motifs is 1. The van der Waals surface area contributed by atoms with E-state index in [4.69, 9.17) is 4.42 Å². The lowest BCUT2D eigenvalue weighted by Gasteiger charge is -1.95. The summed E-state index contributed by atoms with van der Waals surface area (Å²) in [6, 6.07) is 2.93. The molecule has 0 unspecified atom stereocenters. The number of nitrogens with zero attached hydrogens (tertiary/aromatic N) is 2. The van der Waals surface area contributed by atoms with Crippen molar-refractivity contribution in [2.24, 2.45) is 0 Å². The van der Waals surface area contributed by atoms with Crippen LogP contribution >= 0.6 is 11.3 Å². The van der Waals surface area contributed by atoms with Gasteiger partial charge in [-0.1, -0.05) is 6.42 Å². The lowest BCUT2D eigenvalue weighted by molar-refractivity contribution is 0.477. The first-order valence-electron chi connectivity index (χ1n) is 7.56. The summed E-state index contributed by atoms with van der Waals surface area (Å²) in [5.41, 5.74) is 1.50. The molecule has 0 radical (unpaired) electrons. The average Bonchev–Trinajstić information content (AvgIpc) is 3.10. The Morgan fingerprint density at radius 1 is 1.20 bits per heavy atom. The van der Waals surface area contributed by atoms with Crippen LogP contribution in [0, 0.1) is 0 Å². The molecular formula is C15H19N3OS. The molecule has 1 N–H and O–H groups in total. The Bertz CT molecular complexity index is 577. The molecule has 4 rings (SSSR count). The molecule has 1 saturated carbocycles. The zero-order valence-corrected chi connectivity index (χ0v) is 12.3. The maximum Gasteiger partial charge on any atom is 0.257 e. The van der Waals surface area contributed by atoms with Gasteiger partial charge in [-0.2, -0.15) is 0 Å². The van der Waals surface area contributed by atoms with E-state index in [9.17, 15) is 0 Å². The molecule has 0 saturated heterocycles. The second kappa shape index (κ2) is 5.30. The Hall–Kier alpha value is -1.20. The SMILES string of the molecule is c1c(-c2nnc(CNC3CC3)o2)sc2c1CCCCC2. The van der Waals surface area contributed by atoms with Crippen LogP contribution in [-0.2, 0) is 19.4 Å². The fourth-order valence-electron chi connectivity index (χ4n) is 2.72. The van der Waals surface area contributed by atoms with E-state index in [0.29, 0.717) is 24.4 Å². The van der Waals surface area contributed by atoms with Crippen molar-refractivity contribution in [1.82, 2.24) is 15.5 Å². The van der Waals surface area contributed by atoms with Crippen LogP contribution in [0.5, 0.6) is 0 Å². The van der Waals surface area contributed by atoms with E-state index < -0.39 is 0 Å². The molecule has 0 spiro atoms. The van der Waals surface area contributed by atoms with Crippen LogP contribution < -0.4 is 5.32 Å². The third kappa shape index (κ3) is 2.65. The molecule has 2 aromatic heterocycles. The van der Waals surface area contributed by atoms with Gasteiger partial charge >= 0.3 is 0 Å². The summed E-state index contributed by atoms with van der Waals surface area (Å²) < 4.78 is 5.78. The number of aryl methyl sites for hydroxylation is 2. The quantitative estimate of drug-likeness (QED) is 0.877. The Labute approximate surface area is 122 Å². The molecule has 0 aromatic carbocycles. The maximum atomic E-state index is 5.78. The van der Waals surface area contributed by atoms with E-state index in [2.05, 4.69) is 21.6 Å². The van der Waals surface area contributed by atoms with Gasteiger partial charge in [0, 0.05) is 10.9 Å². The third-order valence-corrected chi connectivity index (χ3v) is 5.27. The molecule has 2 aromatic rings. The number of hydrogen-bond donors (Lipinski definition) is 1. The van der Waals surface area contributed by atoms with Crippen molar-refractivity contribution < 1.29 is 4.42 Å². The first kappa shape index (κ1) is 12.5. The normalized spacial score (nSPS) is 18.8. The van der Waals surface area contributed by atoms with Gasteiger partial charge in [-0.3, -0.25) is 0 Å². The van der Waals surface area contributed by atoms with Crippen LogP contribution in [0.1, 0.15) is 48.4 Å². The number of aromatic nitrogens is 2. The number of rotatable bonds is 4. The summed E-state index contributed by atoms with van der Waals surface area (Å²) in [4.78, 5) is 2.66. The molecular weight excluding hydrogens is 270 g/mol. The fourth-order valence-corrected chi connectivity index (χ4v) is 3.89. The van der Waals surface area contributed by atoms with Crippen molar-refractivity contribution in [1.29, 1.82) is 0 Å². The molecule has 2 aliphatic carbocycles. The van der Waals surface area contributed by atoms with Gasteiger partial charge in [0.05, 0.1) is 11.4 Å². The minimum atomic E-state index is 0.670. The van der Waals surface area contributed by atoms with Crippen molar-refractivity contribution in [2.75, 3.05) is 0 Å². The lowest BCUT2D eigenvalue weighted by Crippen LogP contribution is -2.15. The van der Waals surface area contributed by atoms with Crippen molar-refractivity contribution in [3.8, 4) is 10.8 Å². The van der Waals surface area contributed by atoms with Gasteiger partial charge in [0.1, 0.15) is 0 Å². The first-order valence-corrected chi connectivity index (χ1v) is 8.38. The Morgan fingerprint density at radius 2 is 2.10 bits per heavy atom. The van der Waals surface area contributed by atoms with E-state index in [1.54, 1.807) is 0 Å². The summed E-state index contributed by atoms with van der Waals surface area (Å²) >= 11 is 1.84. The van der Waals surface area contributed by atoms with Gasteiger partial charge in [0.2, 0.25) is 5.89 Å². The highest BCUT2D eigenvalue weighted by atomic mass is 32.1. The number of nitrogens with one attached hydrogen (secondary N) is 1. The minimum Gasteiger partial charge on any atom is -0.419 e. The number of thiophene rings is 1. The highest BCUT2D eigenvalue weighted by Crippen LogP contribution is 2.34. The zero-order chi connectivity index (χ0) is 13.4. The zero-order valence-electron chi connectivity index (χ0n) is 11.5. The standard InChI is InChI=1S/C15H19N3OS/c1-2-4-10-8-13(20-12(10)5-3-1)15-18-17-14(19-15)9-16-11-6-7-11/h8,11,16H,1-7,9H2. The second-order valence-electron chi connectivity index (χ2n) is 5.78. The minimum absolute atomic E-state index is 0.670. The van der Waals surface area contributed by atoms with E-state index in [1.165, 1.54) is 55.4 Å². The van der Waals surface area contributed by atoms with Crippen LogP contribution in [0.15, 0.2) is 10.5 Å². The van der Waals surface area contributed by atoms with Crippen LogP contribution in [0.3, 0.4) is 0 Å². The third-order valence-electron chi connectivity index (χ3n) is 4.04. The Kier molecular flexibility index (Phi) is 3.32. The molecule has 0 bridgehead atoms. The lowest BCUT2D eigenvalue weighted by atomic mass is 10.1. The summed E-state index contributed by atoms with van der Waals surface area (Å²) in [7, 11) is 0. The van der Waals surface area contributed by atoms with E-state index in [1.807, 2.05) is 11.3 Å². The maximum absolute atomic E-state index is 5.78. The van der Waals surface area contributed by atoms with Gasteiger partial charge in [0.15, 0.2) is 0 Å². The topological polar surface area (TPSA) is 51.0 Å². The summed E-state index contributed by atoms with van der Waals surface area (Å²) in [5, 5.41) is 11.8. The molecule has 0 aliphatic heterocycles. The van der Waals surface area contributed by atoms with E-state index >= 15 is 0 Å². The summed E-state index contributed by atoms with van der Waals surface area (Å²) in [5.74, 6) is 1.39. The van der Waals surface area contributed by atoms with Crippen molar-refractivity contribution in [2.45, 2.75) is 57.5 Å². The molecule has 1 fully saturated rings. The average molecular weight is 289 g/mol. The summed E-state index contributed by atoms with van der Waals surface area (Å²) in [6.45, 7) is 0.697. The molecule has 20 heavy (non-hydrogen) atoms. The Balaban J connectivity index is 1.51. The van der Waals surface area contributed by atoms with Gasteiger partial charge in [-0.15, -0.1) is 21.5 Å². The Morgan fingerprint density at radius 3 is 3.00 bits per heavy atom. The van der Waals surface area contributed by atoms with Crippen LogP contribution in [0.4, 0.5) is 0 Å². The van der Waals surface area contributed by atoms with Gasteiger partial charge in [-0.25, -0.2) is 0 Å².